The first-order valence-corrected chi connectivity index (χ1v) is 15.7. The second-order valence-corrected chi connectivity index (χ2v) is 13.2. The van der Waals surface area contributed by atoms with Crippen molar-refractivity contribution in [2.24, 2.45) is 13.0 Å². The highest BCUT2D eigenvalue weighted by molar-refractivity contribution is 7.89. The molecule has 0 bridgehead atoms. The monoisotopic (exact) mass is 599 g/mol. The number of likely N-dealkylation sites (tertiary alicyclic amines) is 1. The number of benzene rings is 2. The first-order chi connectivity index (χ1) is 20.7. The van der Waals surface area contributed by atoms with Crippen molar-refractivity contribution in [3.05, 3.63) is 84.1 Å². The summed E-state index contributed by atoms with van der Waals surface area (Å²) >= 11 is 0. The summed E-state index contributed by atoms with van der Waals surface area (Å²) in [5.74, 6) is -0.00864. The molecule has 1 unspecified atom stereocenters. The third kappa shape index (κ3) is 5.66. The Hall–Kier alpha value is -4.47. The van der Waals surface area contributed by atoms with E-state index >= 15 is 0 Å². The molecule has 0 saturated carbocycles. The number of imidazole rings is 1. The van der Waals surface area contributed by atoms with Crippen LogP contribution in [-0.2, 0) is 30.0 Å². The van der Waals surface area contributed by atoms with Gasteiger partial charge in [-0.05, 0) is 61.1 Å². The highest BCUT2D eigenvalue weighted by atomic mass is 32.2. The van der Waals surface area contributed by atoms with E-state index < -0.39 is 22.2 Å². The van der Waals surface area contributed by atoms with Gasteiger partial charge in [-0.15, -0.1) is 0 Å². The fourth-order valence-corrected chi connectivity index (χ4v) is 8.15. The molecule has 11 nitrogen and oxygen atoms in total. The van der Waals surface area contributed by atoms with Crippen LogP contribution in [0.5, 0.6) is 0 Å². The Morgan fingerprint density at radius 3 is 2.67 bits per heavy atom. The SMILES string of the molecule is Cn1cncc1CN1CC(N(CC2CCN(C(=O)O)CC2)S(=O)(=O)c2cccc3cccnc23)Cc2cc(C#N)ccc21. The van der Waals surface area contributed by atoms with Crippen LogP contribution in [0.3, 0.4) is 0 Å². The molecular formula is C31H33N7O4S. The number of carbonyl (C=O) groups is 1. The Bertz CT molecular complexity index is 1800. The maximum absolute atomic E-state index is 14.7. The summed E-state index contributed by atoms with van der Waals surface area (Å²) in [5.41, 5.74) is 3.80. The predicted octanol–water partition coefficient (Wildman–Crippen LogP) is 3.85. The molecule has 1 N–H and O–H groups in total. The van der Waals surface area contributed by atoms with Crippen molar-refractivity contribution in [2.45, 2.75) is 36.7 Å². The maximum Gasteiger partial charge on any atom is 0.407 e. The molecule has 1 atom stereocenters. The number of sulfonamides is 1. The molecule has 43 heavy (non-hydrogen) atoms. The summed E-state index contributed by atoms with van der Waals surface area (Å²) < 4.78 is 33.0. The van der Waals surface area contributed by atoms with Gasteiger partial charge in [0.2, 0.25) is 10.0 Å². The number of hydrogen-bond donors (Lipinski definition) is 1. The zero-order valence-corrected chi connectivity index (χ0v) is 24.7. The number of hydrogen-bond acceptors (Lipinski definition) is 7. The van der Waals surface area contributed by atoms with Gasteiger partial charge in [0.15, 0.2) is 0 Å². The summed E-state index contributed by atoms with van der Waals surface area (Å²) in [6, 6.07) is 16.2. The number of nitrogens with zero attached hydrogens (tertiary/aromatic N) is 7. The highest BCUT2D eigenvalue weighted by Gasteiger charge is 2.39. The number of rotatable bonds is 7. The molecule has 6 rings (SSSR count). The molecule has 1 fully saturated rings. The first kappa shape index (κ1) is 28.6. The minimum absolute atomic E-state index is 0.00864. The van der Waals surface area contributed by atoms with Crippen LogP contribution in [0.1, 0.15) is 29.7 Å². The fourth-order valence-electron chi connectivity index (χ4n) is 6.29. The van der Waals surface area contributed by atoms with Crippen molar-refractivity contribution in [1.82, 2.24) is 23.7 Å². The molecule has 1 saturated heterocycles. The van der Waals surface area contributed by atoms with E-state index in [9.17, 15) is 23.6 Å². The smallest absolute Gasteiger partial charge is 0.407 e. The van der Waals surface area contributed by atoms with Gasteiger partial charge in [-0.3, -0.25) is 4.98 Å². The van der Waals surface area contributed by atoms with E-state index in [4.69, 9.17) is 0 Å². The molecule has 2 aromatic heterocycles. The lowest BCUT2D eigenvalue weighted by molar-refractivity contribution is 0.118. The van der Waals surface area contributed by atoms with Gasteiger partial charge in [0.05, 0.1) is 35.7 Å². The van der Waals surface area contributed by atoms with E-state index in [0.29, 0.717) is 56.5 Å². The molecule has 222 valence electrons. The van der Waals surface area contributed by atoms with Crippen LogP contribution >= 0.6 is 0 Å². The number of nitriles is 1. The molecule has 12 heteroatoms. The quantitative estimate of drug-likeness (QED) is 0.338. The van der Waals surface area contributed by atoms with E-state index in [1.165, 1.54) is 4.90 Å². The minimum atomic E-state index is -4.04. The number of aromatic nitrogens is 3. The highest BCUT2D eigenvalue weighted by Crippen LogP contribution is 2.35. The van der Waals surface area contributed by atoms with Crippen molar-refractivity contribution < 1.29 is 18.3 Å². The number of amides is 1. The van der Waals surface area contributed by atoms with Crippen molar-refractivity contribution in [2.75, 3.05) is 31.1 Å². The number of anilines is 1. The average Bonchev–Trinajstić information content (AvgIpc) is 3.42. The lowest BCUT2D eigenvalue weighted by Crippen LogP contribution is -2.53. The van der Waals surface area contributed by atoms with Crippen LogP contribution in [0.2, 0.25) is 0 Å². The Labute approximate surface area is 250 Å². The minimum Gasteiger partial charge on any atom is -0.465 e. The first-order valence-electron chi connectivity index (χ1n) is 14.3. The summed E-state index contributed by atoms with van der Waals surface area (Å²) in [5, 5.41) is 19.8. The van der Waals surface area contributed by atoms with E-state index in [1.807, 2.05) is 35.9 Å². The van der Waals surface area contributed by atoms with Crippen LogP contribution < -0.4 is 4.90 Å². The molecule has 2 aliphatic heterocycles. The van der Waals surface area contributed by atoms with Gasteiger partial charge in [-0.1, -0.05) is 18.2 Å². The van der Waals surface area contributed by atoms with E-state index in [1.54, 1.807) is 47.3 Å². The number of piperidine rings is 1. The Morgan fingerprint density at radius 1 is 1.16 bits per heavy atom. The molecule has 0 spiro atoms. The standard InChI is InChI=1S/C31H33N7O4S/c1-35-21-33-17-27(35)20-37-19-26(15-25-14-23(16-32)7-8-28(25)37)38(18-22-9-12-36(13-10-22)31(39)40)43(41,42)29-6-2-4-24-5-3-11-34-30(24)29/h2-8,11,14,17,21-22,26H,9-10,12-13,15,18-20H2,1H3,(H,39,40). The third-order valence-electron chi connectivity index (χ3n) is 8.62. The number of para-hydroxylation sites is 1. The Morgan fingerprint density at radius 2 is 1.95 bits per heavy atom. The normalized spacial score (nSPS) is 17.7. The second-order valence-electron chi connectivity index (χ2n) is 11.3. The zero-order chi connectivity index (χ0) is 30.1. The Balaban J connectivity index is 1.41. The van der Waals surface area contributed by atoms with Crippen LogP contribution in [0.4, 0.5) is 10.5 Å². The van der Waals surface area contributed by atoms with E-state index in [-0.39, 0.29) is 17.4 Å². The molecule has 2 aliphatic rings. The van der Waals surface area contributed by atoms with E-state index in [0.717, 1.165) is 22.3 Å². The Kier molecular flexibility index (Phi) is 7.77. The molecule has 2 aromatic carbocycles. The van der Waals surface area contributed by atoms with Gasteiger partial charge >= 0.3 is 6.09 Å². The van der Waals surface area contributed by atoms with Crippen molar-refractivity contribution in [3.63, 3.8) is 0 Å². The van der Waals surface area contributed by atoms with Gasteiger partial charge in [-0.2, -0.15) is 9.57 Å². The predicted molar refractivity (Wildman–Crippen MR) is 161 cm³/mol. The van der Waals surface area contributed by atoms with E-state index in [2.05, 4.69) is 20.9 Å². The lowest BCUT2D eigenvalue weighted by atomic mass is 9.93. The fraction of sp³-hybridized carbons (Fsp3) is 0.355. The van der Waals surface area contributed by atoms with Crippen molar-refractivity contribution >= 4 is 32.7 Å². The molecule has 4 aromatic rings. The van der Waals surface area contributed by atoms with Crippen LogP contribution in [0.25, 0.3) is 10.9 Å². The number of pyridine rings is 1. The van der Waals surface area contributed by atoms with Crippen LogP contribution in [0.15, 0.2) is 72.1 Å². The topological polar surface area (TPSA) is 136 Å². The lowest BCUT2D eigenvalue weighted by Gasteiger charge is -2.42. The summed E-state index contributed by atoms with van der Waals surface area (Å²) in [6.45, 7) is 1.96. The average molecular weight is 600 g/mol. The molecule has 0 radical (unpaired) electrons. The molecule has 0 aliphatic carbocycles. The van der Waals surface area contributed by atoms with Gasteiger partial charge in [0.25, 0.3) is 0 Å². The second kappa shape index (κ2) is 11.7. The summed E-state index contributed by atoms with van der Waals surface area (Å²) in [6.07, 6.45) is 5.79. The van der Waals surface area contributed by atoms with Crippen LogP contribution in [0, 0.1) is 17.2 Å². The zero-order valence-electron chi connectivity index (χ0n) is 23.9. The third-order valence-corrected chi connectivity index (χ3v) is 10.6. The molecule has 1 amide bonds. The van der Waals surface area contributed by atoms with Gasteiger partial charge in [0, 0.05) is 62.7 Å². The number of fused-ring (bicyclic) bond motifs is 2. The number of aryl methyl sites for hydroxylation is 1. The van der Waals surface area contributed by atoms with Crippen LogP contribution in [-0.4, -0.2) is 75.6 Å². The maximum atomic E-state index is 14.7. The van der Waals surface area contributed by atoms with Gasteiger partial charge < -0.3 is 19.5 Å². The summed E-state index contributed by atoms with van der Waals surface area (Å²) in [7, 11) is -2.11. The molecule has 4 heterocycles. The van der Waals surface area contributed by atoms with Crippen molar-refractivity contribution in [1.29, 1.82) is 5.26 Å². The van der Waals surface area contributed by atoms with Crippen molar-refractivity contribution in [3.8, 4) is 6.07 Å². The molecular weight excluding hydrogens is 566 g/mol. The van der Waals surface area contributed by atoms with Gasteiger partial charge in [0.1, 0.15) is 4.90 Å². The number of carboxylic acid groups (broad SMARTS) is 1. The largest absolute Gasteiger partial charge is 0.465 e. The summed E-state index contributed by atoms with van der Waals surface area (Å²) in [4.78, 5) is 24.0. The van der Waals surface area contributed by atoms with Gasteiger partial charge in [-0.25, -0.2) is 18.2 Å².